The lowest BCUT2D eigenvalue weighted by molar-refractivity contribution is 0.174. The first-order chi connectivity index (χ1) is 9.97. The summed E-state index contributed by atoms with van der Waals surface area (Å²) in [5, 5.41) is 14.5. The fourth-order valence-corrected chi connectivity index (χ4v) is 3.04. The molecule has 0 saturated heterocycles. The minimum absolute atomic E-state index is 0.480. The van der Waals surface area contributed by atoms with Gasteiger partial charge in [0.05, 0.1) is 11.8 Å². The van der Waals surface area contributed by atoms with Gasteiger partial charge >= 0.3 is 0 Å². The van der Waals surface area contributed by atoms with Crippen LogP contribution < -0.4 is 10.2 Å². The predicted molar refractivity (Wildman–Crippen MR) is 89.0 cm³/mol. The molecule has 114 valence electrons. The Balaban J connectivity index is 1.89. The van der Waals surface area contributed by atoms with Crippen molar-refractivity contribution in [2.24, 2.45) is 0 Å². The van der Waals surface area contributed by atoms with Crippen LogP contribution in [0.25, 0.3) is 0 Å². The fourth-order valence-electron chi connectivity index (χ4n) is 2.09. The van der Waals surface area contributed by atoms with Crippen LogP contribution in [0.15, 0.2) is 24.3 Å². The van der Waals surface area contributed by atoms with Crippen molar-refractivity contribution in [2.75, 3.05) is 25.5 Å². The van der Waals surface area contributed by atoms with Crippen LogP contribution in [-0.4, -0.2) is 30.7 Å². The number of hydrogen-bond acceptors (Lipinski definition) is 5. The van der Waals surface area contributed by atoms with Gasteiger partial charge in [-0.1, -0.05) is 29.8 Å². The van der Waals surface area contributed by atoms with Gasteiger partial charge in [0.1, 0.15) is 0 Å². The summed E-state index contributed by atoms with van der Waals surface area (Å²) in [5.41, 5.74) is 3.18. The molecule has 1 aromatic heterocycles. The van der Waals surface area contributed by atoms with Crippen LogP contribution in [0, 0.1) is 13.8 Å². The van der Waals surface area contributed by atoms with E-state index in [1.807, 2.05) is 57.1 Å². The first kappa shape index (κ1) is 15.9. The van der Waals surface area contributed by atoms with Gasteiger partial charge in [-0.25, -0.2) is 4.98 Å². The van der Waals surface area contributed by atoms with E-state index < -0.39 is 6.10 Å². The normalized spacial score (nSPS) is 12.4. The number of hydrogen-bond donors (Lipinski definition) is 2. The van der Waals surface area contributed by atoms with Gasteiger partial charge in [0.25, 0.3) is 0 Å². The predicted octanol–water partition coefficient (Wildman–Crippen LogP) is 2.65. The summed E-state index contributed by atoms with van der Waals surface area (Å²) >= 11 is 1.69. The monoisotopic (exact) mass is 305 g/mol. The number of aryl methyl sites for hydroxylation is 2. The van der Waals surface area contributed by atoms with Crippen molar-refractivity contribution in [3.63, 3.8) is 0 Å². The maximum absolute atomic E-state index is 10.2. The number of rotatable bonds is 6. The largest absolute Gasteiger partial charge is 0.387 e. The van der Waals surface area contributed by atoms with Gasteiger partial charge in [-0.05, 0) is 19.4 Å². The van der Waals surface area contributed by atoms with Gasteiger partial charge in [0, 0.05) is 32.1 Å². The molecule has 0 bridgehead atoms. The van der Waals surface area contributed by atoms with E-state index in [1.54, 1.807) is 11.3 Å². The number of thiazole rings is 1. The minimum Gasteiger partial charge on any atom is -0.387 e. The lowest BCUT2D eigenvalue weighted by Crippen LogP contribution is -2.21. The average Bonchev–Trinajstić information content (AvgIpc) is 2.80. The molecule has 1 aromatic carbocycles. The SMILES string of the molecule is Cc1cccc(C(O)CNCc2sc(N(C)C)nc2C)c1. The van der Waals surface area contributed by atoms with Crippen molar-refractivity contribution in [3.05, 3.63) is 46.0 Å². The van der Waals surface area contributed by atoms with Crippen LogP contribution in [-0.2, 0) is 6.54 Å². The standard InChI is InChI=1S/C16H23N3OS/c1-11-6-5-7-13(8-11)14(20)9-17-10-15-12(2)18-16(21-15)19(3)4/h5-8,14,17,20H,9-10H2,1-4H3. The van der Waals surface area contributed by atoms with Crippen LogP contribution in [0.1, 0.15) is 27.8 Å². The second kappa shape index (κ2) is 7.02. The van der Waals surface area contributed by atoms with E-state index in [9.17, 15) is 5.11 Å². The summed E-state index contributed by atoms with van der Waals surface area (Å²) in [4.78, 5) is 7.75. The molecule has 0 spiro atoms. The number of benzene rings is 1. The molecule has 0 amide bonds. The zero-order valence-corrected chi connectivity index (χ0v) is 13.9. The molecule has 1 heterocycles. The molecular formula is C16H23N3OS. The Morgan fingerprint density at radius 1 is 1.33 bits per heavy atom. The zero-order valence-electron chi connectivity index (χ0n) is 13.1. The third kappa shape index (κ3) is 4.27. The van der Waals surface area contributed by atoms with Crippen LogP contribution in [0.2, 0.25) is 0 Å². The number of aromatic nitrogens is 1. The third-order valence-electron chi connectivity index (χ3n) is 3.31. The molecule has 1 atom stereocenters. The Morgan fingerprint density at radius 2 is 2.10 bits per heavy atom. The second-order valence-electron chi connectivity index (χ2n) is 5.46. The van der Waals surface area contributed by atoms with Gasteiger partial charge < -0.3 is 15.3 Å². The molecule has 2 N–H and O–H groups in total. The van der Waals surface area contributed by atoms with Crippen molar-refractivity contribution in [2.45, 2.75) is 26.5 Å². The van der Waals surface area contributed by atoms with E-state index in [-0.39, 0.29) is 0 Å². The van der Waals surface area contributed by atoms with Crippen LogP contribution in [0.3, 0.4) is 0 Å². The highest BCUT2D eigenvalue weighted by Crippen LogP contribution is 2.24. The molecule has 5 heteroatoms. The quantitative estimate of drug-likeness (QED) is 0.861. The Labute approximate surface area is 130 Å². The molecule has 0 saturated carbocycles. The summed E-state index contributed by atoms with van der Waals surface area (Å²) in [6.45, 7) is 5.34. The number of nitrogens with zero attached hydrogens (tertiary/aromatic N) is 2. The number of aliphatic hydroxyl groups excluding tert-OH is 1. The van der Waals surface area contributed by atoms with Crippen molar-refractivity contribution in [1.29, 1.82) is 0 Å². The number of aliphatic hydroxyl groups is 1. The molecule has 0 radical (unpaired) electrons. The first-order valence-electron chi connectivity index (χ1n) is 7.06. The highest BCUT2D eigenvalue weighted by Gasteiger charge is 2.11. The molecule has 4 nitrogen and oxygen atoms in total. The van der Waals surface area contributed by atoms with E-state index in [2.05, 4.69) is 10.3 Å². The smallest absolute Gasteiger partial charge is 0.185 e. The Kier molecular flexibility index (Phi) is 5.33. The van der Waals surface area contributed by atoms with Gasteiger partial charge in [-0.15, -0.1) is 11.3 Å². The Morgan fingerprint density at radius 3 is 2.71 bits per heavy atom. The summed E-state index contributed by atoms with van der Waals surface area (Å²) in [6, 6.07) is 7.99. The van der Waals surface area contributed by atoms with Gasteiger partial charge in [-0.3, -0.25) is 0 Å². The number of nitrogens with one attached hydrogen (secondary N) is 1. The Hall–Kier alpha value is -1.43. The summed E-state index contributed by atoms with van der Waals surface area (Å²) < 4.78 is 0. The van der Waals surface area contributed by atoms with Gasteiger partial charge in [0.15, 0.2) is 5.13 Å². The summed E-state index contributed by atoms with van der Waals surface area (Å²) in [6.07, 6.45) is -0.480. The lowest BCUT2D eigenvalue weighted by Gasteiger charge is -2.12. The second-order valence-corrected chi connectivity index (χ2v) is 6.52. The van der Waals surface area contributed by atoms with Gasteiger partial charge in [0.2, 0.25) is 0 Å². The van der Waals surface area contributed by atoms with E-state index in [0.717, 1.165) is 22.9 Å². The highest BCUT2D eigenvalue weighted by atomic mass is 32.1. The molecule has 0 aliphatic heterocycles. The maximum atomic E-state index is 10.2. The summed E-state index contributed by atoms with van der Waals surface area (Å²) in [5.74, 6) is 0. The van der Waals surface area contributed by atoms with Crippen LogP contribution in [0.4, 0.5) is 5.13 Å². The van der Waals surface area contributed by atoms with Crippen LogP contribution in [0.5, 0.6) is 0 Å². The van der Waals surface area contributed by atoms with E-state index >= 15 is 0 Å². The third-order valence-corrected chi connectivity index (χ3v) is 4.64. The Bertz CT molecular complexity index is 595. The first-order valence-corrected chi connectivity index (χ1v) is 7.88. The average molecular weight is 305 g/mol. The van der Waals surface area contributed by atoms with E-state index in [4.69, 9.17) is 0 Å². The molecule has 2 aromatic rings. The van der Waals surface area contributed by atoms with Crippen LogP contribution >= 0.6 is 11.3 Å². The molecule has 1 unspecified atom stereocenters. The molecule has 2 rings (SSSR count). The topological polar surface area (TPSA) is 48.4 Å². The minimum atomic E-state index is -0.480. The van der Waals surface area contributed by atoms with Gasteiger partial charge in [-0.2, -0.15) is 0 Å². The summed E-state index contributed by atoms with van der Waals surface area (Å²) in [7, 11) is 3.99. The maximum Gasteiger partial charge on any atom is 0.185 e. The molecule has 0 fully saturated rings. The zero-order chi connectivity index (χ0) is 15.4. The molecule has 0 aliphatic carbocycles. The molecule has 0 aliphatic rings. The van der Waals surface area contributed by atoms with Crippen molar-refractivity contribution < 1.29 is 5.11 Å². The number of anilines is 1. The van der Waals surface area contributed by atoms with E-state index in [1.165, 1.54) is 10.4 Å². The highest BCUT2D eigenvalue weighted by molar-refractivity contribution is 7.15. The van der Waals surface area contributed by atoms with E-state index in [0.29, 0.717) is 6.54 Å². The van der Waals surface area contributed by atoms with Crippen molar-refractivity contribution >= 4 is 16.5 Å². The molecule has 21 heavy (non-hydrogen) atoms. The fraction of sp³-hybridized carbons (Fsp3) is 0.438. The van der Waals surface area contributed by atoms with Crippen molar-refractivity contribution in [3.8, 4) is 0 Å². The van der Waals surface area contributed by atoms with Crippen molar-refractivity contribution in [1.82, 2.24) is 10.3 Å². The molecular weight excluding hydrogens is 282 g/mol. The lowest BCUT2D eigenvalue weighted by atomic mass is 10.1.